The molecule has 0 amide bonds. The molecule has 5 nitrogen and oxygen atoms in total. The fourth-order valence-corrected chi connectivity index (χ4v) is 2.68. The molecular weight excluding hydrogens is 260 g/mol. The SMILES string of the molecule is O=C1CC(=O)c2cc3cc4c(cc3cc21)C(=O)OC4=O. The Kier molecular flexibility index (Phi) is 1.87. The average Bonchev–Trinajstić information content (AvgIpc) is 2.84. The van der Waals surface area contributed by atoms with Crippen LogP contribution in [0.15, 0.2) is 24.3 Å². The number of Topliss-reactive ketones (excluding diaryl/α,β-unsaturated/α-hetero) is 2. The second-order valence-corrected chi connectivity index (χ2v) is 4.84. The van der Waals surface area contributed by atoms with Crippen LogP contribution in [-0.2, 0) is 4.74 Å². The van der Waals surface area contributed by atoms with Crippen molar-refractivity contribution in [1.82, 2.24) is 0 Å². The largest absolute Gasteiger partial charge is 0.386 e. The molecule has 0 atom stereocenters. The number of cyclic esters (lactones) is 2. The van der Waals surface area contributed by atoms with E-state index in [1.165, 1.54) is 12.1 Å². The topological polar surface area (TPSA) is 77.5 Å². The Labute approximate surface area is 112 Å². The predicted molar refractivity (Wildman–Crippen MR) is 67.0 cm³/mol. The third kappa shape index (κ3) is 1.26. The maximum atomic E-state index is 11.7. The maximum absolute atomic E-state index is 11.7. The van der Waals surface area contributed by atoms with Crippen LogP contribution >= 0.6 is 0 Å². The first-order valence-electron chi connectivity index (χ1n) is 5.99. The number of carbonyl (C=O) groups excluding carboxylic acids is 4. The van der Waals surface area contributed by atoms with Gasteiger partial charge in [0, 0.05) is 11.1 Å². The van der Waals surface area contributed by atoms with Crippen molar-refractivity contribution in [2.24, 2.45) is 0 Å². The number of hydrogen-bond acceptors (Lipinski definition) is 5. The van der Waals surface area contributed by atoms with Crippen LogP contribution in [0.2, 0.25) is 0 Å². The van der Waals surface area contributed by atoms with Gasteiger partial charge in [-0.3, -0.25) is 9.59 Å². The van der Waals surface area contributed by atoms with Gasteiger partial charge >= 0.3 is 11.9 Å². The number of esters is 2. The van der Waals surface area contributed by atoms with Crippen molar-refractivity contribution in [1.29, 1.82) is 0 Å². The van der Waals surface area contributed by atoms with Crippen molar-refractivity contribution in [3.63, 3.8) is 0 Å². The zero-order chi connectivity index (χ0) is 14.0. The summed E-state index contributed by atoms with van der Waals surface area (Å²) in [6.07, 6.45) is -0.119. The van der Waals surface area contributed by atoms with Gasteiger partial charge in [0.25, 0.3) is 0 Å². The Morgan fingerprint density at radius 1 is 0.650 bits per heavy atom. The minimum Gasteiger partial charge on any atom is -0.386 e. The summed E-state index contributed by atoms with van der Waals surface area (Å²) >= 11 is 0. The second-order valence-electron chi connectivity index (χ2n) is 4.84. The zero-order valence-electron chi connectivity index (χ0n) is 10.1. The van der Waals surface area contributed by atoms with E-state index in [1.807, 2.05) is 0 Å². The number of ether oxygens (including phenoxy) is 1. The Bertz CT molecular complexity index is 736. The number of rotatable bonds is 0. The summed E-state index contributed by atoms with van der Waals surface area (Å²) in [6, 6.07) is 6.23. The van der Waals surface area contributed by atoms with Crippen molar-refractivity contribution in [3.05, 3.63) is 46.5 Å². The molecule has 20 heavy (non-hydrogen) atoms. The summed E-state index contributed by atoms with van der Waals surface area (Å²) in [5.41, 5.74) is 1.14. The van der Waals surface area contributed by atoms with Crippen LogP contribution in [0.3, 0.4) is 0 Å². The molecule has 1 aliphatic heterocycles. The fraction of sp³-hybridized carbons (Fsp3) is 0.0667. The molecule has 0 spiro atoms. The monoisotopic (exact) mass is 266 g/mol. The van der Waals surface area contributed by atoms with E-state index in [9.17, 15) is 19.2 Å². The maximum Gasteiger partial charge on any atom is 0.346 e. The van der Waals surface area contributed by atoms with Crippen LogP contribution in [0.25, 0.3) is 10.8 Å². The first-order valence-corrected chi connectivity index (χ1v) is 5.99. The van der Waals surface area contributed by atoms with Crippen LogP contribution in [0.4, 0.5) is 0 Å². The van der Waals surface area contributed by atoms with Gasteiger partial charge in [0.15, 0.2) is 11.6 Å². The fourth-order valence-electron chi connectivity index (χ4n) is 2.68. The first kappa shape index (κ1) is 11.0. The van der Waals surface area contributed by atoms with Crippen molar-refractivity contribution < 1.29 is 23.9 Å². The molecule has 0 radical (unpaired) electrons. The van der Waals surface area contributed by atoms with Crippen LogP contribution in [0.1, 0.15) is 47.9 Å². The quantitative estimate of drug-likeness (QED) is 0.537. The number of benzene rings is 2. The summed E-state index contributed by atoms with van der Waals surface area (Å²) in [6.45, 7) is 0. The molecular formula is C15H6O5. The normalized spacial score (nSPS) is 16.6. The molecule has 0 N–H and O–H groups in total. The van der Waals surface area contributed by atoms with E-state index in [4.69, 9.17) is 0 Å². The van der Waals surface area contributed by atoms with E-state index in [0.717, 1.165) is 0 Å². The summed E-state index contributed by atoms with van der Waals surface area (Å²) in [4.78, 5) is 46.4. The second kappa shape index (κ2) is 3.39. The number of fused-ring (bicyclic) bond motifs is 3. The molecule has 1 heterocycles. The van der Waals surface area contributed by atoms with Gasteiger partial charge in [-0.25, -0.2) is 9.59 Å². The molecule has 0 aromatic heterocycles. The summed E-state index contributed by atoms with van der Waals surface area (Å²) in [5.74, 6) is -1.80. The predicted octanol–water partition coefficient (Wildman–Crippen LogP) is 1.92. The van der Waals surface area contributed by atoms with Gasteiger partial charge in [-0.05, 0) is 35.0 Å². The summed E-state index contributed by atoms with van der Waals surface area (Å²) < 4.78 is 4.53. The third-order valence-electron chi connectivity index (χ3n) is 3.66. The van der Waals surface area contributed by atoms with E-state index in [1.54, 1.807) is 12.1 Å². The summed E-state index contributed by atoms with van der Waals surface area (Å²) in [7, 11) is 0. The van der Waals surface area contributed by atoms with E-state index < -0.39 is 11.9 Å². The highest BCUT2D eigenvalue weighted by Gasteiger charge is 2.32. The van der Waals surface area contributed by atoms with Gasteiger partial charge in [0.05, 0.1) is 17.5 Å². The number of carbonyl (C=O) groups is 4. The minimum atomic E-state index is -0.685. The third-order valence-corrected chi connectivity index (χ3v) is 3.66. The molecule has 4 rings (SSSR count). The Morgan fingerprint density at radius 3 is 1.50 bits per heavy atom. The molecule has 0 saturated carbocycles. The van der Waals surface area contributed by atoms with Crippen LogP contribution in [0, 0.1) is 0 Å². The lowest BCUT2D eigenvalue weighted by atomic mass is 9.98. The lowest BCUT2D eigenvalue weighted by Gasteiger charge is -2.03. The number of hydrogen-bond donors (Lipinski definition) is 0. The lowest BCUT2D eigenvalue weighted by molar-refractivity contribution is 0.0443. The van der Waals surface area contributed by atoms with Gasteiger partial charge in [-0.1, -0.05) is 0 Å². The first-order chi connectivity index (χ1) is 9.54. The molecule has 1 aliphatic carbocycles. The van der Waals surface area contributed by atoms with Gasteiger partial charge < -0.3 is 4.74 Å². The van der Waals surface area contributed by atoms with Gasteiger partial charge in [0.1, 0.15) is 0 Å². The van der Waals surface area contributed by atoms with Crippen molar-refractivity contribution in [3.8, 4) is 0 Å². The Morgan fingerprint density at radius 2 is 1.05 bits per heavy atom. The van der Waals surface area contributed by atoms with Crippen LogP contribution in [0.5, 0.6) is 0 Å². The van der Waals surface area contributed by atoms with E-state index in [2.05, 4.69) is 4.74 Å². The molecule has 96 valence electrons. The van der Waals surface area contributed by atoms with Crippen LogP contribution < -0.4 is 0 Å². The highest BCUT2D eigenvalue weighted by molar-refractivity contribution is 6.26. The van der Waals surface area contributed by atoms with E-state index in [-0.39, 0.29) is 29.1 Å². The molecule has 2 aliphatic rings. The minimum absolute atomic E-state index is 0.119. The lowest BCUT2D eigenvalue weighted by Crippen LogP contribution is -1.96. The van der Waals surface area contributed by atoms with Crippen molar-refractivity contribution in [2.45, 2.75) is 6.42 Å². The highest BCUT2D eigenvalue weighted by atomic mass is 16.6. The molecule has 0 bridgehead atoms. The number of ketones is 2. The summed E-state index contributed by atoms with van der Waals surface area (Å²) in [5, 5.41) is 1.27. The highest BCUT2D eigenvalue weighted by Crippen LogP contribution is 2.31. The van der Waals surface area contributed by atoms with E-state index >= 15 is 0 Å². The molecule has 0 fully saturated rings. The van der Waals surface area contributed by atoms with Gasteiger partial charge in [-0.2, -0.15) is 0 Å². The zero-order valence-corrected chi connectivity index (χ0v) is 10.1. The Balaban J connectivity index is 2.07. The van der Waals surface area contributed by atoms with Gasteiger partial charge in [0.2, 0.25) is 0 Å². The van der Waals surface area contributed by atoms with E-state index in [0.29, 0.717) is 21.9 Å². The smallest absolute Gasteiger partial charge is 0.346 e. The molecule has 0 unspecified atom stereocenters. The average molecular weight is 266 g/mol. The molecule has 5 heteroatoms. The molecule has 0 saturated heterocycles. The molecule has 2 aromatic rings. The van der Waals surface area contributed by atoms with Crippen LogP contribution in [-0.4, -0.2) is 23.5 Å². The Hall–Kier alpha value is -2.82. The van der Waals surface area contributed by atoms with Crippen molar-refractivity contribution >= 4 is 34.3 Å². The molecule has 2 aromatic carbocycles. The van der Waals surface area contributed by atoms with Gasteiger partial charge in [-0.15, -0.1) is 0 Å². The van der Waals surface area contributed by atoms with Crippen molar-refractivity contribution in [2.75, 3.05) is 0 Å². The standard InChI is InChI=1S/C15H6O5/c16-12-5-13(17)9-2-7-4-11-10(14(18)20-15(11)19)3-6(7)1-8(9)12/h1-4H,5H2.